The van der Waals surface area contributed by atoms with Crippen LogP contribution < -0.4 is 5.32 Å². The van der Waals surface area contributed by atoms with Crippen molar-refractivity contribution in [3.8, 4) is 6.07 Å². The Morgan fingerprint density at radius 1 is 1.26 bits per heavy atom. The zero-order valence-corrected chi connectivity index (χ0v) is 11.1. The molecule has 0 bridgehead atoms. The molecule has 4 nitrogen and oxygen atoms in total. The zero-order valence-electron chi connectivity index (χ0n) is 11.1. The maximum absolute atomic E-state index is 9.29. The fourth-order valence-corrected chi connectivity index (χ4v) is 2.86. The lowest BCUT2D eigenvalue weighted by Crippen LogP contribution is -2.29. The van der Waals surface area contributed by atoms with Crippen molar-refractivity contribution in [2.24, 2.45) is 0 Å². The largest absolute Gasteiger partial charge is 0.381 e. The summed E-state index contributed by atoms with van der Waals surface area (Å²) in [5.41, 5.74) is 3.13. The lowest BCUT2D eigenvalue weighted by atomic mass is 9.95. The minimum atomic E-state index is 0.384. The summed E-state index contributed by atoms with van der Waals surface area (Å²) in [6.45, 7) is 1.59. The molecule has 0 atom stereocenters. The standard InChI is InChI=1S/C15H19N3O/c16-10-12-9-11-3-1-2-4-14(11)18-15(12)17-13-5-7-19-8-6-13/h9,13H,1-8H2,(H,17,18). The van der Waals surface area contributed by atoms with Gasteiger partial charge in [-0.3, -0.25) is 0 Å². The van der Waals surface area contributed by atoms with Gasteiger partial charge in [0.1, 0.15) is 11.9 Å². The van der Waals surface area contributed by atoms with Gasteiger partial charge < -0.3 is 10.1 Å². The number of fused-ring (bicyclic) bond motifs is 1. The van der Waals surface area contributed by atoms with Crippen LogP contribution in [-0.4, -0.2) is 24.2 Å². The second-order valence-corrected chi connectivity index (χ2v) is 5.34. The van der Waals surface area contributed by atoms with Crippen LogP contribution in [0.4, 0.5) is 5.82 Å². The quantitative estimate of drug-likeness (QED) is 0.884. The summed E-state index contributed by atoms with van der Waals surface area (Å²) in [5, 5.41) is 12.7. The number of aromatic nitrogens is 1. The first-order valence-electron chi connectivity index (χ1n) is 7.14. The molecule has 0 amide bonds. The number of nitrogens with one attached hydrogen (secondary N) is 1. The van der Waals surface area contributed by atoms with Crippen LogP contribution in [0.25, 0.3) is 0 Å². The number of nitriles is 1. The molecule has 1 aliphatic carbocycles. The van der Waals surface area contributed by atoms with Gasteiger partial charge >= 0.3 is 0 Å². The molecule has 0 radical (unpaired) electrons. The van der Waals surface area contributed by atoms with E-state index in [1.54, 1.807) is 0 Å². The summed E-state index contributed by atoms with van der Waals surface area (Å²) in [4.78, 5) is 4.70. The van der Waals surface area contributed by atoms with Gasteiger partial charge in [0.2, 0.25) is 0 Å². The molecule has 1 N–H and O–H groups in total. The summed E-state index contributed by atoms with van der Waals surface area (Å²) in [6.07, 6.45) is 6.51. The number of aryl methyl sites for hydroxylation is 2. The van der Waals surface area contributed by atoms with Crippen molar-refractivity contribution in [2.75, 3.05) is 18.5 Å². The summed E-state index contributed by atoms with van der Waals surface area (Å²) >= 11 is 0. The fourth-order valence-electron chi connectivity index (χ4n) is 2.86. The predicted octanol–water partition coefficient (Wildman–Crippen LogP) is 2.42. The van der Waals surface area contributed by atoms with Gasteiger partial charge in [-0.1, -0.05) is 0 Å². The third-order valence-electron chi connectivity index (χ3n) is 3.98. The predicted molar refractivity (Wildman–Crippen MR) is 73.1 cm³/mol. The summed E-state index contributed by atoms with van der Waals surface area (Å²) < 4.78 is 5.36. The van der Waals surface area contributed by atoms with Crippen LogP contribution in [0.5, 0.6) is 0 Å². The van der Waals surface area contributed by atoms with E-state index in [-0.39, 0.29) is 0 Å². The number of hydrogen-bond acceptors (Lipinski definition) is 4. The van der Waals surface area contributed by atoms with Crippen LogP contribution in [-0.2, 0) is 17.6 Å². The molecule has 19 heavy (non-hydrogen) atoms. The highest BCUT2D eigenvalue weighted by Gasteiger charge is 2.19. The number of anilines is 1. The molecule has 0 saturated carbocycles. The number of pyridine rings is 1. The third kappa shape index (κ3) is 2.71. The Labute approximate surface area is 113 Å². The van der Waals surface area contributed by atoms with Gasteiger partial charge in [-0.2, -0.15) is 5.26 Å². The van der Waals surface area contributed by atoms with Crippen molar-refractivity contribution in [3.05, 3.63) is 22.9 Å². The zero-order chi connectivity index (χ0) is 13.1. The van der Waals surface area contributed by atoms with Crippen LogP contribution >= 0.6 is 0 Å². The highest BCUT2D eigenvalue weighted by Crippen LogP contribution is 2.25. The van der Waals surface area contributed by atoms with Gasteiger partial charge in [-0.15, -0.1) is 0 Å². The molecule has 100 valence electrons. The minimum Gasteiger partial charge on any atom is -0.381 e. The molecule has 0 aromatic carbocycles. The van der Waals surface area contributed by atoms with Gasteiger partial charge in [0.25, 0.3) is 0 Å². The molecule has 1 aromatic rings. The Morgan fingerprint density at radius 3 is 2.84 bits per heavy atom. The van der Waals surface area contributed by atoms with Gasteiger partial charge in [0, 0.05) is 24.9 Å². The smallest absolute Gasteiger partial charge is 0.144 e. The van der Waals surface area contributed by atoms with Crippen molar-refractivity contribution in [1.29, 1.82) is 5.26 Å². The van der Waals surface area contributed by atoms with E-state index in [0.717, 1.165) is 44.7 Å². The highest BCUT2D eigenvalue weighted by molar-refractivity contribution is 5.55. The van der Waals surface area contributed by atoms with Crippen LogP contribution in [0.15, 0.2) is 6.07 Å². The van der Waals surface area contributed by atoms with Crippen molar-refractivity contribution < 1.29 is 4.74 Å². The molecule has 1 aromatic heterocycles. The molecular formula is C15H19N3O. The van der Waals surface area contributed by atoms with E-state index in [0.29, 0.717) is 11.6 Å². The van der Waals surface area contributed by atoms with Crippen LogP contribution in [0, 0.1) is 11.3 Å². The van der Waals surface area contributed by atoms with E-state index in [1.165, 1.54) is 24.1 Å². The average molecular weight is 257 g/mol. The van der Waals surface area contributed by atoms with Gasteiger partial charge in [0.05, 0.1) is 5.56 Å². The number of ether oxygens (including phenoxy) is 1. The van der Waals surface area contributed by atoms with Gasteiger partial charge in [-0.25, -0.2) is 4.98 Å². The van der Waals surface area contributed by atoms with Crippen LogP contribution in [0.3, 0.4) is 0 Å². The molecule has 1 saturated heterocycles. The molecule has 2 aliphatic rings. The van der Waals surface area contributed by atoms with E-state index < -0.39 is 0 Å². The third-order valence-corrected chi connectivity index (χ3v) is 3.98. The number of rotatable bonds is 2. The van der Waals surface area contributed by atoms with Crippen molar-refractivity contribution in [1.82, 2.24) is 4.98 Å². The molecule has 1 aliphatic heterocycles. The van der Waals surface area contributed by atoms with E-state index in [1.807, 2.05) is 6.07 Å². The molecule has 2 heterocycles. The van der Waals surface area contributed by atoms with Gasteiger partial charge in [0.15, 0.2) is 0 Å². The normalized spacial score (nSPS) is 19.5. The SMILES string of the molecule is N#Cc1cc2c(nc1NC1CCOCC1)CCCC2. The summed E-state index contributed by atoms with van der Waals surface area (Å²) in [5.74, 6) is 0.773. The number of hydrogen-bond donors (Lipinski definition) is 1. The molecule has 0 unspecified atom stereocenters. The molecule has 1 fully saturated rings. The second-order valence-electron chi connectivity index (χ2n) is 5.34. The Balaban J connectivity index is 1.84. The first-order chi connectivity index (χ1) is 9.36. The lowest BCUT2D eigenvalue weighted by molar-refractivity contribution is 0.0904. The Hall–Kier alpha value is -1.60. The highest BCUT2D eigenvalue weighted by atomic mass is 16.5. The molecule has 0 spiro atoms. The molecule has 3 rings (SSSR count). The van der Waals surface area contributed by atoms with E-state index in [2.05, 4.69) is 11.4 Å². The van der Waals surface area contributed by atoms with Crippen molar-refractivity contribution in [3.63, 3.8) is 0 Å². The second kappa shape index (κ2) is 5.58. The maximum Gasteiger partial charge on any atom is 0.144 e. The first kappa shape index (κ1) is 12.4. The van der Waals surface area contributed by atoms with Crippen LogP contribution in [0.2, 0.25) is 0 Å². The van der Waals surface area contributed by atoms with Gasteiger partial charge in [-0.05, 0) is 50.2 Å². The van der Waals surface area contributed by atoms with E-state index in [4.69, 9.17) is 9.72 Å². The Morgan fingerprint density at radius 2 is 2.05 bits per heavy atom. The lowest BCUT2D eigenvalue weighted by Gasteiger charge is -2.25. The minimum absolute atomic E-state index is 0.384. The topological polar surface area (TPSA) is 57.9 Å². The summed E-state index contributed by atoms with van der Waals surface area (Å²) in [6, 6.07) is 4.69. The van der Waals surface area contributed by atoms with E-state index >= 15 is 0 Å². The van der Waals surface area contributed by atoms with Crippen molar-refractivity contribution >= 4 is 5.82 Å². The summed E-state index contributed by atoms with van der Waals surface area (Å²) in [7, 11) is 0. The molecule has 4 heteroatoms. The van der Waals surface area contributed by atoms with E-state index in [9.17, 15) is 5.26 Å². The van der Waals surface area contributed by atoms with Crippen molar-refractivity contribution in [2.45, 2.75) is 44.6 Å². The Kier molecular flexibility index (Phi) is 3.65. The molecular weight excluding hydrogens is 238 g/mol. The van der Waals surface area contributed by atoms with Crippen LogP contribution in [0.1, 0.15) is 42.5 Å². The Bertz CT molecular complexity index is 501. The average Bonchev–Trinajstić information content (AvgIpc) is 2.47. The number of nitrogens with zero attached hydrogens (tertiary/aromatic N) is 2. The fraction of sp³-hybridized carbons (Fsp3) is 0.600. The monoisotopic (exact) mass is 257 g/mol. The maximum atomic E-state index is 9.29. The first-order valence-corrected chi connectivity index (χ1v) is 7.14.